The average Bonchev–Trinajstić information content (AvgIpc) is 2.17. The summed E-state index contributed by atoms with van der Waals surface area (Å²) in [6.45, 7) is 0. The zero-order valence-corrected chi connectivity index (χ0v) is 9.13. The summed E-state index contributed by atoms with van der Waals surface area (Å²) in [5, 5.41) is 2.82. The third-order valence-corrected chi connectivity index (χ3v) is 2.43. The molecule has 1 aliphatic rings. The van der Waals surface area contributed by atoms with Crippen LogP contribution < -0.4 is 10.1 Å². The van der Waals surface area contributed by atoms with Gasteiger partial charge in [-0.1, -0.05) is 6.07 Å². The highest BCUT2D eigenvalue weighted by atomic mass is 79.9. The third kappa shape index (κ3) is 1.90. The molecule has 0 aromatic heterocycles. The molecule has 0 radical (unpaired) electrons. The lowest BCUT2D eigenvalue weighted by atomic mass is 10.0. The van der Waals surface area contributed by atoms with Gasteiger partial charge < -0.3 is 10.1 Å². The molecule has 0 saturated heterocycles. The summed E-state index contributed by atoms with van der Waals surface area (Å²) in [5.41, 5.74) is 2.51. The summed E-state index contributed by atoms with van der Waals surface area (Å²) in [6.07, 6.45) is 1.39. The predicted octanol–water partition coefficient (Wildman–Crippen LogP) is 2.30. The number of ether oxygens (including phenoxy) is 1. The van der Waals surface area contributed by atoms with Crippen LogP contribution in [0.25, 0.3) is 0 Å². The number of hydrogen-bond donors (Lipinski definition) is 1. The summed E-state index contributed by atoms with van der Waals surface area (Å²) in [7, 11) is 0. The SMILES string of the molecule is O=C1CCc2ccc(OCBr)cc2N1. The van der Waals surface area contributed by atoms with Gasteiger partial charge in [-0.3, -0.25) is 4.79 Å². The quantitative estimate of drug-likeness (QED) is 0.824. The fourth-order valence-electron chi connectivity index (χ4n) is 1.50. The maximum absolute atomic E-state index is 11.1. The van der Waals surface area contributed by atoms with Gasteiger partial charge in [-0.15, -0.1) is 0 Å². The smallest absolute Gasteiger partial charge is 0.224 e. The van der Waals surface area contributed by atoms with Gasteiger partial charge in [0, 0.05) is 18.2 Å². The second kappa shape index (κ2) is 4.00. The summed E-state index contributed by atoms with van der Waals surface area (Å²) in [6, 6.07) is 5.76. The lowest BCUT2D eigenvalue weighted by molar-refractivity contribution is -0.116. The Morgan fingerprint density at radius 1 is 1.43 bits per heavy atom. The van der Waals surface area contributed by atoms with Crippen LogP contribution in [0.3, 0.4) is 0 Å². The van der Waals surface area contributed by atoms with Crippen LogP contribution in [-0.4, -0.2) is 11.4 Å². The second-order valence-corrected chi connectivity index (χ2v) is 3.58. The molecule has 14 heavy (non-hydrogen) atoms. The molecule has 1 heterocycles. The number of alkyl halides is 1. The second-order valence-electron chi connectivity index (χ2n) is 3.12. The van der Waals surface area contributed by atoms with Crippen molar-refractivity contribution in [1.29, 1.82) is 0 Å². The van der Waals surface area contributed by atoms with Crippen molar-refractivity contribution >= 4 is 27.5 Å². The molecule has 74 valence electrons. The first-order valence-electron chi connectivity index (χ1n) is 4.41. The van der Waals surface area contributed by atoms with Crippen LogP contribution in [0.4, 0.5) is 5.69 Å². The normalized spacial score (nSPS) is 14.5. The van der Waals surface area contributed by atoms with Gasteiger partial charge in [-0.05, 0) is 34.0 Å². The van der Waals surface area contributed by atoms with Crippen LogP contribution in [-0.2, 0) is 11.2 Å². The molecule has 1 N–H and O–H groups in total. The predicted molar refractivity (Wildman–Crippen MR) is 57.8 cm³/mol. The van der Waals surface area contributed by atoms with Crippen molar-refractivity contribution in [3.8, 4) is 5.75 Å². The van der Waals surface area contributed by atoms with Crippen molar-refractivity contribution in [1.82, 2.24) is 0 Å². The molecule has 0 bridgehead atoms. The van der Waals surface area contributed by atoms with E-state index in [-0.39, 0.29) is 5.91 Å². The molecule has 1 aliphatic heterocycles. The van der Waals surface area contributed by atoms with Crippen LogP contribution in [0.15, 0.2) is 18.2 Å². The minimum atomic E-state index is 0.0773. The molecule has 0 atom stereocenters. The Morgan fingerprint density at radius 2 is 2.29 bits per heavy atom. The molecule has 0 spiro atoms. The molecule has 2 rings (SSSR count). The minimum Gasteiger partial charge on any atom is -0.482 e. The molecule has 3 nitrogen and oxygen atoms in total. The van der Waals surface area contributed by atoms with Gasteiger partial charge in [0.1, 0.15) is 11.3 Å². The van der Waals surface area contributed by atoms with E-state index in [1.54, 1.807) is 0 Å². The molecule has 0 aliphatic carbocycles. The fraction of sp³-hybridized carbons (Fsp3) is 0.300. The standard InChI is InChI=1S/C10H10BrNO2/c11-6-14-8-3-1-7-2-4-10(13)12-9(7)5-8/h1,3,5H,2,4,6H2,(H,12,13). The number of carbonyl (C=O) groups excluding carboxylic acids is 1. The first-order chi connectivity index (χ1) is 6.79. The summed E-state index contributed by atoms with van der Waals surface area (Å²) >= 11 is 3.18. The van der Waals surface area contributed by atoms with Crippen molar-refractivity contribution in [2.24, 2.45) is 0 Å². The molecule has 0 fully saturated rings. The molecular formula is C10H10BrNO2. The Balaban J connectivity index is 2.28. The average molecular weight is 256 g/mol. The number of fused-ring (bicyclic) bond motifs is 1. The Hall–Kier alpha value is -1.03. The fourth-order valence-corrected chi connectivity index (χ4v) is 1.77. The Bertz CT molecular complexity index is 365. The van der Waals surface area contributed by atoms with Crippen molar-refractivity contribution in [3.05, 3.63) is 23.8 Å². The number of hydrogen-bond acceptors (Lipinski definition) is 2. The molecule has 1 amide bonds. The number of carbonyl (C=O) groups is 1. The van der Waals surface area contributed by atoms with E-state index in [1.165, 1.54) is 5.56 Å². The molecule has 0 unspecified atom stereocenters. The van der Waals surface area contributed by atoms with E-state index in [9.17, 15) is 4.79 Å². The Labute approximate surface area is 90.6 Å². The summed E-state index contributed by atoms with van der Waals surface area (Å²) < 4.78 is 5.27. The highest BCUT2D eigenvalue weighted by Gasteiger charge is 2.14. The molecule has 4 heteroatoms. The number of anilines is 1. The lowest BCUT2D eigenvalue weighted by Gasteiger charge is -2.17. The van der Waals surface area contributed by atoms with Gasteiger partial charge in [0.05, 0.1) is 0 Å². The van der Waals surface area contributed by atoms with E-state index in [4.69, 9.17) is 4.74 Å². The molecule has 1 aromatic rings. The van der Waals surface area contributed by atoms with Gasteiger partial charge in [-0.2, -0.15) is 0 Å². The minimum absolute atomic E-state index is 0.0773. The van der Waals surface area contributed by atoms with Gasteiger partial charge in [-0.25, -0.2) is 0 Å². The van der Waals surface area contributed by atoms with Crippen molar-refractivity contribution < 1.29 is 9.53 Å². The first-order valence-corrected chi connectivity index (χ1v) is 5.53. The number of aryl methyl sites for hydroxylation is 1. The highest BCUT2D eigenvalue weighted by molar-refractivity contribution is 9.09. The first kappa shape index (κ1) is 9.52. The van der Waals surface area contributed by atoms with E-state index in [0.717, 1.165) is 17.9 Å². The van der Waals surface area contributed by atoms with Gasteiger partial charge in [0.2, 0.25) is 5.91 Å². The van der Waals surface area contributed by atoms with Gasteiger partial charge >= 0.3 is 0 Å². The van der Waals surface area contributed by atoms with E-state index in [0.29, 0.717) is 11.9 Å². The van der Waals surface area contributed by atoms with E-state index < -0.39 is 0 Å². The van der Waals surface area contributed by atoms with Gasteiger partial charge in [0.25, 0.3) is 0 Å². The number of halogens is 1. The maximum Gasteiger partial charge on any atom is 0.224 e. The summed E-state index contributed by atoms with van der Waals surface area (Å²) in [4.78, 5) is 11.1. The number of rotatable bonds is 2. The monoisotopic (exact) mass is 255 g/mol. The van der Waals surface area contributed by atoms with E-state index >= 15 is 0 Å². The molecule has 0 saturated carbocycles. The molecule has 1 aromatic carbocycles. The highest BCUT2D eigenvalue weighted by Crippen LogP contribution is 2.27. The van der Waals surface area contributed by atoms with E-state index in [2.05, 4.69) is 21.2 Å². The van der Waals surface area contributed by atoms with Crippen molar-refractivity contribution in [3.63, 3.8) is 0 Å². The van der Waals surface area contributed by atoms with Crippen LogP contribution >= 0.6 is 15.9 Å². The van der Waals surface area contributed by atoms with Crippen molar-refractivity contribution in [2.75, 3.05) is 10.8 Å². The van der Waals surface area contributed by atoms with Crippen molar-refractivity contribution in [2.45, 2.75) is 12.8 Å². The Morgan fingerprint density at radius 3 is 3.07 bits per heavy atom. The van der Waals surface area contributed by atoms with Crippen LogP contribution in [0.5, 0.6) is 5.75 Å². The zero-order chi connectivity index (χ0) is 9.97. The zero-order valence-electron chi connectivity index (χ0n) is 7.55. The number of amides is 1. The van der Waals surface area contributed by atoms with Gasteiger partial charge in [0.15, 0.2) is 0 Å². The topological polar surface area (TPSA) is 38.3 Å². The maximum atomic E-state index is 11.1. The third-order valence-electron chi connectivity index (χ3n) is 2.20. The van der Waals surface area contributed by atoms with Crippen LogP contribution in [0.1, 0.15) is 12.0 Å². The number of benzene rings is 1. The number of nitrogens with one attached hydrogen (secondary N) is 1. The van der Waals surface area contributed by atoms with Crippen LogP contribution in [0, 0.1) is 0 Å². The largest absolute Gasteiger partial charge is 0.482 e. The Kier molecular flexibility index (Phi) is 2.72. The summed E-state index contributed by atoms with van der Waals surface area (Å²) in [5.74, 6) is 0.844. The lowest BCUT2D eigenvalue weighted by Crippen LogP contribution is -2.18. The van der Waals surface area contributed by atoms with Crippen LogP contribution in [0.2, 0.25) is 0 Å². The van der Waals surface area contributed by atoms with E-state index in [1.807, 2.05) is 18.2 Å². The molecular weight excluding hydrogens is 246 g/mol.